The molecule has 0 amide bonds. The molecule has 0 spiro atoms. The van der Waals surface area contributed by atoms with Gasteiger partial charge in [-0.15, -0.1) is 5.10 Å². The summed E-state index contributed by atoms with van der Waals surface area (Å²) in [6.07, 6.45) is 1.11. The summed E-state index contributed by atoms with van der Waals surface area (Å²) in [6, 6.07) is 0. The van der Waals surface area contributed by atoms with Crippen LogP contribution in [-0.2, 0) is 7.05 Å². The van der Waals surface area contributed by atoms with Crippen LogP contribution in [0.1, 0.15) is 5.56 Å². The number of fused-ring (bicyclic) bond motifs is 1. The highest BCUT2D eigenvalue weighted by Crippen LogP contribution is 2.28. The van der Waals surface area contributed by atoms with E-state index < -0.39 is 0 Å². The van der Waals surface area contributed by atoms with Gasteiger partial charge in [0.15, 0.2) is 0 Å². The maximum Gasteiger partial charge on any atom is 0.277 e. The first-order valence-electron chi connectivity index (χ1n) is 4.78. The summed E-state index contributed by atoms with van der Waals surface area (Å²) in [7, 11) is 3.35. The van der Waals surface area contributed by atoms with Crippen molar-refractivity contribution in [3.05, 3.63) is 15.9 Å². The van der Waals surface area contributed by atoms with Gasteiger partial charge in [-0.05, 0) is 0 Å². The standard InChI is InChI=1S/C9H12N4O3/c1-12-3-4-16-8-7(12)6(5-10-15)9(14)13(2)11-8/h5,15H,3-4H2,1-2H3/b10-5+. The Kier molecular flexibility index (Phi) is 2.51. The molecule has 7 nitrogen and oxygen atoms in total. The number of anilines is 1. The summed E-state index contributed by atoms with van der Waals surface area (Å²) in [6.45, 7) is 1.18. The lowest BCUT2D eigenvalue weighted by molar-refractivity contribution is 0.289. The second-order valence-corrected chi connectivity index (χ2v) is 3.51. The Bertz CT molecular complexity index is 494. The van der Waals surface area contributed by atoms with Gasteiger partial charge in [0.2, 0.25) is 0 Å². The van der Waals surface area contributed by atoms with Crippen LogP contribution in [0.15, 0.2) is 9.95 Å². The Labute approximate surface area is 91.5 Å². The van der Waals surface area contributed by atoms with Gasteiger partial charge in [-0.25, -0.2) is 4.68 Å². The SMILES string of the molecule is CN1CCOc2nn(C)c(=O)c(/C=N/O)c21. The van der Waals surface area contributed by atoms with E-state index >= 15 is 0 Å². The highest BCUT2D eigenvalue weighted by Gasteiger charge is 2.23. The summed E-state index contributed by atoms with van der Waals surface area (Å²) in [5, 5.41) is 15.5. The first-order chi connectivity index (χ1) is 7.65. The van der Waals surface area contributed by atoms with E-state index in [1.54, 1.807) is 0 Å². The first-order valence-corrected chi connectivity index (χ1v) is 4.78. The number of aromatic nitrogens is 2. The second-order valence-electron chi connectivity index (χ2n) is 3.51. The highest BCUT2D eigenvalue weighted by atomic mass is 16.5. The zero-order valence-electron chi connectivity index (χ0n) is 9.04. The van der Waals surface area contributed by atoms with Gasteiger partial charge in [-0.2, -0.15) is 0 Å². The van der Waals surface area contributed by atoms with E-state index in [0.29, 0.717) is 24.7 Å². The normalized spacial score (nSPS) is 15.0. The molecule has 16 heavy (non-hydrogen) atoms. The number of ether oxygens (including phenoxy) is 1. The van der Waals surface area contributed by atoms with E-state index in [2.05, 4.69) is 10.3 Å². The van der Waals surface area contributed by atoms with Gasteiger partial charge < -0.3 is 14.8 Å². The van der Waals surface area contributed by atoms with Crippen LogP contribution in [0.4, 0.5) is 5.69 Å². The molecule has 0 atom stereocenters. The Balaban J connectivity index is 2.73. The maximum atomic E-state index is 11.8. The summed E-state index contributed by atoms with van der Waals surface area (Å²) in [5.41, 5.74) is 0.512. The minimum Gasteiger partial charge on any atom is -0.473 e. The molecule has 86 valence electrons. The van der Waals surface area contributed by atoms with Crippen LogP contribution in [0.3, 0.4) is 0 Å². The summed E-state index contributed by atoms with van der Waals surface area (Å²) in [4.78, 5) is 13.6. The third kappa shape index (κ3) is 1.50. The monoisotopic (exact) mass is 224 g/mol. The maximum absolute atomic E-state index is 11.8. The fraction of sp³-hybridized carbons (Fsp3) is 0.444. The predicted molar refractivity (Wildman–Crippen MR) is 57.6 cm³/mol. The minimum atomic E-state index is -0.325. The third-order valence-corrected chi connectivity index (χ3v) is 2.46. The number of oxime groups is 1. The Hall–Kier alpha value is -2.05. The quantitative estimate of drug-likeness (QED) is 0.392. The van der Waals surface area contributed by atoms with Crippen LogP contribution in [0, 0.1) is 0 Å². The smallest absolute Gasteiger partial charge is 0.277 e. The van der Waals surface area contributed by atoms with Crippen molar-refractivity contribution in [2.45, 2.75) is 0 Å². The van der Waals surface area contributed by atoms with Crippen LogP contribution in [0.2, 0.25) is 0 Å². The van der Waals surface area contributed by atoms with Crippen LogP contribution in [0.5, 0.6) is 5.88 Å². The van der Waals surface area contributed by atoms with Gasteiger partial charge in [0.05, 0.1) is 18.3 Å². The van der Waals surface area contributed by atoms with E-state index in [4.69, 9.17) is 9.94 Å². The fourth-order valence-corrected chi connectivity index (χ4v) is 1.65. The molecule has 0 aromatic carbocycles. The molecule has 0 fully saturated rings. The average Bonchev–Trinajstić information content (AvgIpc) is 2.25. The van der Waals surface area contributed by atoms with E-state index in [-0.39, 0.29) is 11.1 Å². The predicted octanol–water partition coefficient (Wildman–Crippen LogP) is -0.583. The molecule has 1 aliphatic rings. The van der Waals surface area contributed by atoms with Crippen molar-refractivity contribution in [2.24, 2.45) is 12.2 Å². The molecular weight excluding hydrogens is 212 g/mol. The molecule has 0 radical (unpaired) electrons. The molecule has 0 bridgehead atoms. The first kappa shape index (κ1) is 10.5. The van der Waals surface area contributed by atoms with Crippen LogP contribution < -0.4 is 15.2 Å². The number of hydrogen-bond acceptors (Lipinski definition) is 6. The fourth-order valence-electron chi connectivity index (χ4n) is 1.65. The number of aryl methyl sites for hydroxylation is 1. The van der Waals surface area contributed by atoms with Crippen molar-refractivity contribution in [3.63, 3.8) is 0 Å². The van der Waals surface area contributed by atoms with Crippen molar-refractivity contribution in [2.75, 3.05) is 25.1 Å². The van der Waals surface area contributed by atoms with Crippen molar-refractivity contribution < 1.29 is 9.94 Å². The summed E-state index contributed by atoms with van der Waals surface area (Å²) in [5.74, 6) is 0.380. The van der Waals surface area contributed by atoms with Gasteiger partial charge in [0.1, 0.15) is 12.3 Å². The van der Waals surface area contributed by atoms with Crippen molar-refractivity contribution >= 4 is 11.9 Å². The number of rotatable bonds is 1. The van der Waals surface area contributed by atoms with Gasteiger partial charge in [0.25, 0.3) is 11.4 Å². The molecule has 0 saturated heterocycles. The molecule has 7 heteroatoms. The zero-order chi connectivity index (χ0) is 11.7. The van der Waals surface area contributed by atoms with E-state index in [9.17, 15) is 4.79 Å². The molecule has 1 aliphatic heterocycles. The lowest BCUT2D eigenvalue weighted by Gasteiger charge is -2.27. The lowest BCUT2D eigenvalue weighted by Crippen LogP contribution is -2.35. The number of likely N-dealkylation sites (N-methyl/N-ethyl adjacent to an activating group) is 1. The van der Waals surface area contributed by atoms with Gasteiger partial charge in [0, 0.05) is 14.1 Å². The lowest BCUT2D eigenvalue weighted by atomic mass is 10.2. The zero-order valence-corrected chi connectivity index (χ0v) is 9.04. The average molecular weight is 224 g/mol. The van der Waals surface area contributed by atoms with E-state index in [1.807, 2.05) is 11.9 Å². The molecule has 1 N–H and O–H groups in total. The van der Waals surface area contributed by atoms with Crippen molar-refractivity contribution in [3.8, 4) is 5.88 Å². The molecule has 1 aromatic rings. The Morgan fingerprint density at radius 3 is 3.00 bits per heavy atom. The topological polar surface area (TPSA) is 80.0 Å². The van der Waals surface area contributed by atoms with Gasteiger partial charge in [-0.1, -0.05) is 5.16 Å². The van der Waals surface area contributed by atoms with Crippen LogP contribution in [0.25, 0.3) is 0 Å². The molecular formula is C9H12N4O3. The molecule has 2 rings (SSSR count). The summed E-state index contributed by atoms with van der Waals surface area (Å²) < 4.78 is 6.52. The minimum absolute atomic E-state index is 0.275. The highest BCUT2D eigenvalue weighted by molar-refractivity contribution is 5.89. The Morgan fingerprint density at radius 1 is 1.56 bits per heavy atom. The summed E-state index contributed by atoms with van der Waals surface area (Å²) >= 11 is 0. The van der Waals surface area contributed by atoms with Crippen LogP contribution in [-0.4, -0.2) is 41.4 Å². The van der Waals surface area contributed by atoms with Crippen molar-refractivity contribution in [1.29, 1.82) is 0 Å². The van der Waals surface area contributed by atoms with Crippen molar-refractivity contribution in [1.82, 2.24) is 9.78 Å². The molecule has 0 aliphatic carbocycles. The van der Waals surface area contributed by atoms with Gasteiger partial charge in [-0.3, -0.25) is 4.79 Å². The van der Waals surface area contributed by atoms with Gasteiger partial charge >= 0.3 is 0 Å². The number of hydrogen-bond donors (Lipinski definition) is 1. The molecule has 2 heterocycles. The van der Waals surface area contributed by atoms with Crippen LogP contribution >= 0.6 is 0 Å². The largest absolute Gasteiger partial charge is 0.473 e. The molecule has 0 unspecified atom stereocenters. The third-order valence-electron chi connectivity index (χ3n) is 2.46. The Morgan fingerprint density at radius 2 is 2.31 bits per heavy atom. The number of nitrogens with zero attached hydrogens (tertiary/aromatic N) is 4. The second kappa shape index (κ2) is 3.84. The van der Waals surface area contributed by atoms with E-state index in [0.717, 1.165) is 10.9 Å². The van der Waals surface area contributed by atoms with E-state index in [1.165, 1.54) is 7.05 Å². The molecule has 0 saturated carbocycles. The molecule has 1 aromatic heterocycles.